The molecule has 0 radical (unpaired) electrons. The van der Waals surface area contributed by atoms with Crippen LogP contribution in [0.3, 0.4) is 0 Å². The van der Waals surface area contributed by atoms with Crippen LogP contribution in [-0.2, 0) is 10.0 Å². The molecular weight excluding hydrogens is 300 g/mol. The zero-order valence-electron chi connectivity index (χ0n) is 13.5. The van der Waals surface area contributed by atoms with Crippen LogP contribution in [0, 0.1) is 5.92 Å². The summed E-state index contributed by atoms with van der Waals surface area (Å²) in [6.45, 7) is 6.32. The Bertz CT molecular complexity index is 634. The first-order chi connectivity index (χ1) is 10.2. The fraction of sp³-hybridized carbons (Fsp3) is 0.562. The Hall–Kier alpha value is -1.56. The molecule has 1 aliphatic carbocycles. The SMILES string of the molecule is CC(C)[C@@H](C)N(C(=O)c1ccc(NS(C)(=O)=O)cc1)C1CC1. The van der Waals surface area contributed by atoms with E-state index in [0.29, 0.717) is 23.2 Å². The van der Waals surface area contributed by atoms with Gasteiger partial charge in [0.05, 0.1) is 6.26 Å². The average molecular weight is 324 g/mol. The third-order valence-electron chi connectivity index (χ3n) is 4.01. The number of nitrogens with one attached hydrogen (secondary N) is 1. The first-order valence-corrected chi connectivity index (χ1v) is 9.48. The quantitative estimate of drug-likeness (QED) is 0.875. The third-order valence-corrected chi connectivity index (χ3v) is 4.62. The maximum absolute atomic E-state index is 12.8. The molecule has 0 bridgehead atoms. The van der Waals surface area contributed by atoms with Gasteiger partial charge >= 0.3 is 0 Å². The van der Waals surface area contributed by atoms with Crippen molar-refractivity contribution in [3.63, 3.8) is 0 Å². The molecule has 0 spiro atoms. The van der Waals surface area contributed by atoms with Crippen molar-refractivity contribution in [2.45, 2.75) is 45.7 Å². The van der Waals surface area contributed by atoms with Crippen molar-refractivity contribution in [2.75, 3.05) is 11.0 Å². The van der Waals surface area contributed by atoms with E-state index in [1.807, 2.05) is 4.90 Å². The van der Waals surface area contributed by atoms with Crippen molar-refractivity contribution in [1.82, 2.24) is 4.90 Å². The van der Waals surface area contributed by atoms with Gasteiger partial charge in [0.2, 0.25) is 10.0 Å². The minimum atomic E-state index is -3.30. The monoisotopic (exact) mass is 324 g/mol. The van der Waals surface area contributed by atoms with E-state index in [-0.39, 0.29) is 11.9 Å². The van der Waals surface area contributed by atoms with Gasteiger partial charge in [-0.1, -0.05) is 13.8 Å². The molecule has 1 aliphatic rings. The van der Waals surface area contributed by atoms with Gasteiger partial charge < -0.3 is 4.90 Å². The fourth-order valence-electron chi connectivity index (χ4n) is 2.40. The van der Waals surface area contributed by atoms with Gasteiger partial charge in [-0.15, -0.1) is 0 Å². The Morgan fingerprint density at radius 1 is 1.18 bits per heavy atom. The second-order valence-electron chi connectivity index (χ2n) is 6.38. The zero-order valence-corrected chi connectivity index (χ0v) is 14.4. The van der Waals surface area contributed by atoms with Crippen molar-refractivity contribution < 1.29 is 13.2 Å². The Morgan fingerprint density at radius 2 is 1.73 bits per heavy atom. The fourth-order valence-corrected chi connectivity index (χ4v) is 2.97. The Labute approximate surface area is 132 Å². The predicted octanol–water partition coefficient (Wildman–Crippen LogP) is 2.71. The first-order valence-electron chi connectivity index (χ1n) is 7.59. The maximum atomic E-state index is 12.8. The number of sulfonamides is 1. The average Bonchev–Trinajstić information content (AvgIpc) is 3.22. The highest BCUT2D eigenvalue weighted by molar-refractivity contribution is 7.92. The Kier molecular flexibility index (Phi) is 4.80. The van der Waals surface area contributed by atoms with Crippen LogP contribution in [0.25, 0.3) is 0 Å². The van der Waals surface area contributed by atoms with E-state index >= 15 is 0 Å². The van der Waals surface area contributed by atoms with Crippen LogP contribution in [0.2, 0.25) is 0 Å². The number of carbonyl (C=O) groups excluding carboxylic acids is 1. The molecule has 0 heterocycles. The number of hydrogen-bond donors (Lipinski definition) is 1. The van der Waals surface area contributed by atoms with Gasteiger partial charge in [-0.2, -0.15) is 0 Å². The summed E-state index contributed by atoms with van der Waals surface area (Å²) in [4.78, 5) is 14.7. The molecule has 2 rings (SSSR count). The Morgan fingerprint density at radius 3 is 2.14 bits per heavy atom. The van der Waals surface area contributed by atoms with Crippen LogP contribution < -0.4 is 4.72 Å². The van der Waals surface area contributed by atoms with Gasteiger partial charge in [0.15, 0.2) is 0 Å². The van der Waals surface area contributed by atoms with Gasteiger partial charge in [-0.3, -0.25) is 9.52 Å². The highest BCUT2D eigenvalue weighted by Crippen LogP contribution is 2.32. The number of rotatable bonds is 6. The number of amides is 1. The lowest BCUT2D eigenvalue weighted by atomic mass is 10.0. The minimum Gasteiger partial charge on any atom is -0.333 e. The second-order valence-corrected chi connectivity index (χ2v) is 8.13. The number of carbonyl (C=O) groups is 1. The third kappa shape index (κ3) is 4.22. The molecule has 5 nitrogen and oxygen atoms in total. The molecule has 1 aromatic carbocycles. The second kappa shape index (κ2) is 6.28. The lowest BCUT2D eigenvalue weighted by molar-refractivity contribution is 0.0628. The molecule has 1 atom stereocenters. The highest BCUT2D eigenvalue weighted by atomic mass is 32.2. The first kappa shape index (κ1) is 16.8. The summed E-state index contributed by atoms with van der Waals surface area (Å²) in [5, 5.41) is 0. The van der Waals surface area contributed by atoms with Crippen LogP contribution in [0.5, 0.6) is 0 Å². The lowest BCUT2D eigenvalue weighted by Gasteiger charge is -2.32. The molecule has 22 heavy (non-hydrogen) atoms. The summed E-state index contributed by atoms with van der Waals surface area (Å²) in [5.74, 6) is 0.422. The van der Waals surface area contributed by atoms with Crippen LogP contribution in [0.1, 0.15) is 44.0 Å². The van der Waals surface area contributed by atoms with Crippen LogP contribution in [0.4, 0.5) is 5.69 Å². The lowest BCUT2D eigenvalue weighted by Crippen LogP contribution is -2.43. The molecule has 6 heteroatoms. The normalized spacial score (nSPS) is 16.4. The molecule has 1 aromatic rings. The zero-order chi connectivity index (χ0) is 16.5. The molecule has 122 valence electrons. The van der Waals surface area contributed by atoms with E-state index in [1.54, 1.807) is 24.3 Å². The predicted molar refractivity (Wildman–Crippen MR) is 88.4 cm³/mol. The molecule has 0 aromatic heterocycles. The summed E-state index contributed by atoms with van der Waals surface area (Å²) in [7, 11) is -3.30. The largest absolute Gasteiger partial charge is 0.333 e. The molecule has 1 amide bonds. The van der Waals surface area contributed by atoms with Crippen LogP contribution in [0.15, 0.2) is 24.3 Å². The summed E-state index contributed by atoms with van der Waals surface area (Å²) >= 11 is 0. The number of nitrogens with zero attached hydrogens (tertiary/aromatic N) is 1. The summed E-state index contributed by atoms with van der Waals surface area (Å²) in [6, 6.07) is 7.14. The van der Waals surface area contributed by atoms with E-state index in [9.17, 15) is 13.2 Å². The standard InChI is InChI=1S/C16H24N2O3S/c1-11(2)12(3)18(15-9-10-15)16(19)13-5-7-14(8-6-13)17-22(4,20)21/h5-8,11-12,15,17H,9-10H2,1-4H3/t12-/m1/s1. The molecule has 0 unspecified atom stereocenters. The van der Waals surface area contributed by atoms with E-state index in [4.69, 9.17) is 0 Å². The van der Waals surface area contributed by atoms with Gasteiger partial charge in [-0.05, 0) is 49.9 Å². The van der Waals surface area contributed by atoms with Crippen molar-refractivity contribution in [1.29, 1.82) is 0 Å². The highest BCUT2D eigenvalue weighted by Gasteiger charge is 2.36. The summed E-state index contributed by atoms with van der Waals surface area (Å²) in [5.41, 5.74) is 1.06. The Balaban J connectivity index is 2.17. The summed E-state index contributed by atoms with van der Waals surface area (Å²) in [6.07, 6.45) is 3.23. The van der Waals surface area contributed by atoms with E-state index in [1.165, 1.54) is 0 Å². The smallest absolute Gasteiger partial charge is 0.254 e. The van der Waals surface area contributed by atoms with Gasteiger partial charge in [0.1, 0.15) is 0 Å². The molecular formula is C16H24N2O3S. The van der Waals surface area contributed by atoms with Crippen molar-refractivity contribution in [3.8, 4) is 0 Å². The molecule has 1 saturated carbocycles. The van der Waals surface area contributed by atoms with Crippen molar-refractivity contribution >= 4 is 21.6 Å². The maximum Gasteiger partial charge on any atom is 0.254 e. The van der Waals surface area contributed by atoms with Gasteiger partial charge in [0, 0.05) is 23.3 Å². The number of anilines is 1. The minimum absolute atomic E-state index is 0.0228. The van der Waals surface area contributed by atoms with E-state index in [0.717, 1.165) is 19.1 Å². The van der Waals surface area contributed by atoms with Gasteiger partial charge in [0.25, 0.3) is 5.91 Å². The molecule has 1 N–H and O–H groups in total. The summed E-state index contributed by atoms with van der Waals surface area (Å²) < 4.78 is 24.8. The van der Waals surface area contributed by atoms with Crippen molar-refractivity contribution in [3.05, 3.63) is 29.8 Å². The van der Waals surface area contributed by atoms with E-state index < -0.39 is 10.0 Å². The van der Waals surface area contributed by atoms with Crippen LogP contribution in [-0.4, -0.2) is 37.6 Å². The molecule has 1 fully saturated rings. The molecule has 0 saturated heterocycles. The number of benzene rings is 1. The van der Waals surface area contributed by atoms with Gasteiger partial charge in [-0.25, -0.2) is 8.42 Å². The van der Waals surface area contributed by atoms with Crippen LogP contribution >= 0.6 is 0 Å². The van der Waals surface area contributed by atoms with E-state index in [2.05, 4.69) is 25.5 Å². The topological polar surface area (TPSA) is 66.5 Å². The number of hydrogen-bond acceptors (Lipinski definition) is 3. The molecule has 0 aliphatic heterocycles. The van der Waals surface area contributed by atoms with Crippen molar-refractivity contribution in [2.24, 2.45) is 5.92 Å².